The zero-order valence-corrected chi connectivity index (χ0v) is 13.0. The van der Waals surface area contributed by atoms with Gasteiger partial charge in [-0.3, -0.25) is 4.31 Å². The molecule has 0 atom stereocenters. The predicted octanol–water partition coefficient (Wildman–Crippen LogP) is 2.88. The van der Waals surface area contributed by atoms with Crippen molar-refractivity contribution in [2.45, 2.75) is 6.42 Å². The van der Waals surface area contributed by atoms with Crippen LogP contribution in [0.2, 0.25) is 0 Å². The summed E-state index contributed by atoms with van der Waals surface area (Å²) in [5.74, 6) is 0. The van der Waals surface area contributed by atoms with E-state index in [0.29, 0.717) is 12.1 Å². The number of sulfonamides is 1. The normalized spacial score (nSPS) is 11.7. The summed E-state index contributed by atoms with van der Waals surface area (Å²) in [4.78, 5) is 0. The fourth-order valence-electron chi connectivity index (χ4n) is 2.01. The van der Waals surface area contributed by atoms with Crippen LogP contribution in [-0.2, 0) is 10.0 Å². The van der Waals surface area contributed by atoms with E-state index in [1.165, 1.54) is 9.71 Å². The fraction of sp³-hybridized carbons (Fsp3) is 0.176. The Kier molecular flexibility index (Phi) is 5.75. The van der Waals surface area contributed by atoms with E-state index in [4.69, 9.17) is 5.11 Å². The maximum Gasteiger partial charge on any atom is 0.257 e. The molecule has 22 heavy (non-hydrogen) atoms. The highest BCUT2D eigenvalue weighted by molar-refractivity contribution is 7.95. The SMILES string of the molecule is O=S(=O)(/C=C/c1ccccc1)N(CCCO)c1ccccc1. The molecule has 116 valence electrons. The number of benzene rings is 2. The van der Waals surface area contributed by atoms with E-state index in [0.717, 1.165) is 5.56 Å². The Morgan fingerprint density at radius 3 is 2.14 bits per heavy atom. The molecule has 2 aromatic rings. The lowest BCUT2D eigenvalue weighted by atomic mass is 10.2. The molecule has 0 aliphatic heterocycles. The lowest BCUT2D eigenvalue weighted by Crippen LogP contribution is -2.30. The molecule has 0 amide bonds. The smallest absolute Gasteiger partial charge is 0.257 e. The zero-order chi connectivity index (χ0) is 15.8. The first kappa shape index (κ1) is 16.3. The van der Waals surface area contributed by atoms with Crippen LogP contribution in [-0.4, -0.2) is 26.7 Å². The summed E-state index contributed by atoms with van der Waals surface area (Å²) in [6.07, 6.45) is 1.96. The minimum atomic E-state index is -3.60. The van der Waals surface area contributed by atoms with Crippen LogP contribution >= 0.6 is 0 Å². The molecule has 4 nitrogen and oxygen atoms in total. The van der Waals surface area contributed by atoms with Crippen molar-refractivity contribution in [2.24, 2.45) is 0 Å². The molecule has 1 N–H and O–H groups in total. The van der Waals surface area contributed by atoms with Crippen molar-refractivity contribution in [1.29, 1.82) is 0 Å². The third-order valence-corrected chi connectivity index (χ3v) is 4.59. The average molecular weight is 317 g/mol. The molecular weight excluding hydrogens is 298 g/mol. The third kappa shape index (κ3) is 4.44. The van der Waals surface area contributed by atoms with Gasteiger partial charge in [-0.05, 0) is 30.2 Å². The first-order valence-electron chi connectivity index (χ1n) is 7.05. The van der Waals surface area contributed by atoms with Crippen molar-refractivity contribution in [3.63, 3.8) is 0 Å². The second-order valence-corrected chi connectivity index (χ2v) is 6.49. The molecule has 0 bridgehead atoms. The van der Waals surface area contributed by atoms with Gasteiger partial charge in [0.05, 0.1) is 11.1 Å². The van der Waals surface area contributed by atoms with Crippen LogP contribution in [0.25, 0.3) is 6.08 Å². The van der Waals surface area contributed by atoms with Crippen molar-refractivity contribution in [3.8, 4) is 0 Å². The van der Waals surface area contributed by atoms with Crippen LogP contribution in [0, 0.1) is 0 Å². The van der Waals surface area contributed by atoms with Gasteiger partial charge in [0.25, 0.3) is 10.0 Å². The maximum atomic E-state index is 12.6. The average Bonchev–Trinajstić information content (AvgIpc) is 2.55. The lowest BCUT2D eigenvalue weighted by molar-refractivity contribution is 0.291. The standard InChI is InChI=1S/C17H19NO3S/c19-14-7-13-18(17-10-5-2-6-11-17)22(20,21)15-12-16-8-3-1-4-9-16/h1-6,8-12,15,19H,7,13-14H2/b15-12+. The highest BCUT2D eigenvalue weighted by Gasteiger charge is 2.18. The van der Waals surface area contributed by atoms with Gasteiger partial charge < -0.3 is 5.11 Å². The van der Waals surface area contributed by atoms with Crippen molar-refractivity contribution >= 4 is 21.8 Å². The van der Waals surface area contributed by atoms with Gasteiger partial charge in [0.15, 0.2) is 0 Å². The number of aliphatic hydroxyl groups excluding tert-OH is 1. The van der Waals surface area contributed by atoms with Crippen molar-refractivity contribution < 1.29 is 13.5 Å². The van der Waals surface area contributed by atoms with E-state index in [2.05, 4.69) is 0 Å². The second-order valence-electron chi connectivity index (χ2n) is 4.74. The Labute approximate surface area is 131 Å². The van der Waals surface area contributed by atoms with Crippen LogP contribution < -0.4 is 4.31 Å². The van der Waals surface area contributed by atoms with Gasteiger partial charge in [0.2, 0.25) is 0 Å². The van der Waals surface area contributed by atoms with Crippen LogP contribution in [0.5, 0.6) is 0 Å². The summed E-state index contributed by atoms with van der Waals surface area (Å²) < 4.78 is 26.4. The summed E-state index contributed by atoms with van der Waals surface area (Å²) in [6.45, 7) is 0.184. The number of hydrogen-bond acceptors (Lipinski definition) is 3. The predicted molar refractivity (Wildman–Crippen MR) is 89.9 cm³/mol. The van der Waals surface area contributed by atoms with Crippen molar-refractivity contribution in [1.82, 2.24) is 0 Å². The first-order valence-corrected chi connectivity index (χ1v) is 8.55. The zero-order valence-electron chi connectivity index (χ0n) is 12.2. The Balaban J connectivity index is 2.27. The van der Waals surface area contributed by atoms with Gasteiger partial charge in [-0.25, -0.2) is 8.42 Å². The molecule has 0 aliphatic rings. The van der Waals surface area contributed by atoms with E-state index in [1.54, 1.807) is 30.3 Å². The van der Waals surface area contributed by atoms with E-state index in [1.807, 2.05) is 36.4 Å². The number of hydrogen-bond donors (Lipinski definition) is 1. The van der Waals surface area contributed by atoms with Crippen molar-refractivity contribution in [2.75, 3.05) is 17.5 Å². The Morgan fingerprint density at radius 1 is 0.955 bits per heavy atom. The highest BCUT2D eigenvalue weighted by Crippen LogP contribution is 2.19. The summed E-state index contributed by atoms with van der Waals surface area (Å²) in [5.41, 5.74) is 1.41. The van der Waals surface area contributed by atoms with Gasteiger partial charge in [0, 0.05) is 13.2 Å². The molecule has 0 aromatic heterocycles. The minimum Gasteiger partial charge on any atom is -0.396 e. The molecule has 0 heterocycles. The molecule has 5 heteroatoms. The van der Waals surface area contributed by atoms with Gasteiger partial charge in [-0.2, -0.15) is 0 Å². The molecule has 2 aromatic carbocycles. The molecule has 0 radical (unpaired) electrons. The summed E-state index contributed by atoms with van der Waals surface area (Å²) in [7, 11) is -3.60. The number of para-hydroxylation sites is 1. The van der Waals surface area contributed by atoms with Gasteiger partial charge >= 0.3 is 0 Å². The summed E-state index contributed by atoms with van der Waals surface area (Å²) in [6, 6.07) is 18.2. The minimum absolute atomic E-state index is 0.0543. The number of nitrogens with zero attached hydrogens (tertiary/aromatic N) is 1. The van der Waals surface area contributed by atoms with E-state index in [-0.39, 0.29) is 13.2 Å². The number of anilines is 1. The van der Waals surface area contributed by atoms with Crippen LogP contribution in [0.15, 0.2) is 66.1 Å². The molecule has 0 saturated heterocycles. The van der Waals surface area contributed by atoms with Gasteiger partial charge in [-0.15, -0.1) is 0 Å². The molecule has 0 saturated carbocycles. The first-order chi connectivity index (χ1) is 10.6. The van der Waals surface area contributed by atoms with E-state index >= 15 is 0 Å². The van der Waals surface area contributed by atoms with Crippen LogP contribution in [0.4, 0.5) is 5.69 Å². The largest absolute Gasteiger partial charge is 0.396 e. The van der Waals surface area contributed by atoms with Gasteiger partial charge in [-0.1, -0.05) is 48.5 Å². The maximum absolute atomic E-state index is 12.6. The Morgan fingerprint density at radius 2 is 1.55 bits per heavy atom. The van der Waals surface area contributed by atoms with E-state index < -0.39 is 10.0 Å². The van der Waals surface area contributed by atoms with Crippen molar-refractivity contribution in [3.05, 3.63) is 71.6 Å². The monoisotopic (exact) mass is 317 g/mol. The quantitative estimate of drug-likeness (QED) is 0.854. The fourth-order valence-corrected chi connectivity index (χ4v) is 3.29. The Hall–Kier alpha value is -2.11. The van der Waals surface area contributed by atoms with E-state index in [9.17, 15) is 8.42 Å². The molecule has 2 rings (SSSR count). The van der Waals surface area contributed by atoms with Gasteiger partial charge in [0.1, 0.15) is 0 Å². The summed E-state index contributed by atoms with van der Waals surface area (Å²) in [5, 5.41) is 10.2. The molecular formula is C17H19NO3S. The third-order valence-electron chi connectivity index (χ3n) is 3.10. The highest BCUT2D eigenvalue weighted by atomic mass is 32.2. The topological polar surface area (TPSA) is 57.6 Å². The molecule has 0 spiro atoms. The Bertz CT molecular complexity index is 697. The molecule has 0 aliphatic carbocycles. The van der Waals surface area contributed by atoms with Crippen LogP contribution in [0.3, 0.4) is 0 Å². The van der Waals surface area contributed by atoms with Crippen LogP contribution in [0.1, 0.15) is 12.0 Å². The lowest BCUT2D eigenvalue weighted by Gasteiger charge is -2.22. The number of aliphatic hydroxyl groups is 1. The molecule has 0 unspecified atom stereocenters. The molecule has 0 fully saturated rings. The summed E-state index contributed by atoms with van der Waals surface area (Å²) >= 11 is 0. The second kappa shape index (κ2) is 7.77. The number of rotatable bonds is 7.